The van der Waals surface area contributed by atoms with Gasteiger partial charge in [-0.3, -0.25) is 4.79 Å². The molecule has 0 heterocycles. The minimum absolute atomic E-state index is 0.0444. The van der Waals surface area contributed by atoms with Crippen molar-refractivity contribution in [1.82, 2.24) is 0 Å². The number of carbonyl (C=O) groups excluding carboxylic acids is 1. The van der Waals surface area contributed by atoms with E-state index in [1.54, 1.807) is 13.0 Å². The molecule has 0 aliphatic heterocycles. The summed E-state index contributed by atoms with van der Waals surface area (Å²) >= 11 is 0. The van der Waals surface area contributed by atoms with Crippen molar-refractivity contribution in [2.24, 2.45) is 0 Å². The second-order valence-electron chi connectivity index (χ2n) is 2.99. The maximum atomic E-state index is 13.3. The molecule has 0 aliphatic rings. The molecule has 4 heteroatoms. The van der Waals surface area contributed by atoms with Crippen molar-refractivity contribution in [3.63, 3.8) is 0 Å². The molecule has 3 nitrogen and oxygen atoms in total. The summed E-state index contributed by atoms with van der Waals surface area (Å²) in [6, 6.07) is 4.56. The monoisotopic (exact) mass is 221 g/mol. The summed E-state index contributed by atoms with van der Waals surface area (Å²) in [5.74, 6) is 4.10. The van der Waals surface area contributed by atoms with Crippen molar-refractivity contribution in [1.29, 1.82) is 0 Å². The van der Waals surface area contributed by atoms with Gasteiger partial charge in [-0.2, -0.15) is 0 Å². The van der Waals surface area contributed by atoms with Gasteiger partial charge >= 0.3 is 5.97 Å². The van der Waals surface area contributed by atoms with Crippen LogP contribution in [0, 0.1) is 17.7 Å². The molecule has 0 saturated carbocycles. The van der Waals surface area contributed by atoms with E-state index in [9.17, 15) is 9.18 Å². The first-order valence-corrected chi connectivity index (χ1v) is 4.83. The lowest BCUT2D eigenvalue weighted by Gasteiger charge is -1.97. The van der Waals surface area contributed by atoms with Crippen LogP contribution in [-0.2, 0) is 9.53 Å². The van der Waals surface area contributed by atoms with Crippen LogP contribution in [0.15, 0.2) is 18.2 Å². The van der Waals surface area contributed by atoms with Gasteiger partial charge in [-0.25, -0.2) is 4.39 Å². The fourth-order valence-electron chi connectivity index (χ4n) is 1.07. The Bertz CT molecular complexity index is 446. The molecule has 0 aromatic heterocycles. The zero-order chi connectivity index (χ0) is 12.0. The average molecular weight is 221 g/mol. The Labute approximate surface area is 93.4 Å². The van der Waals surface area contributed by atoms with Gasteiger partial charge in [-0.1, -0.05) is 17.9 Å². The zero-order valence-corrected chi connectivity index (χ0v) is 8.92. The maximum Gasteiger partial charge on any atom is 0.317 e. The van der Waals surface area contributed by atoms with E-state index in [1.807, 2.05) is 0 Å². The third-order valence-corrected chi connectivity index (χ3v) is 1.79. The fraction of sp³-hybridized carbons (Fsp3) is 0.250. The Morgan fingerprint density at radius 3 is 3.00 bits per heavy atom. The Morgan fingerprint density at radius 2 is 2.31 bits per heavy atom. The summed E-state index contributed by atoms with van der Waals surface area (Å²) in [6.07, 6.45) is -0.0535. The Hall–Kier alpha value is -2.02. The molecule has 1 aromatic carbocycles. The highest BCUT2D eigenvalue weighted by Crippen LogP contribution is 2.13. The lowest BCUT2D eigenvalue weighted by atomic mass is 10.2. The third-order valence-electron chi connectivity index (χ3n) is 1.79. The number of halogens is 1. The number of ether oxygens (including phenoxy) is 1. The Morgan fingerprint density at radius 1 is 1.56 bits per heavy atom. The number of anilines is 1. The van der Waals surface area contributed by atoms with Gasteiger partial charge < -0.3 is 10.5 Å². The van der Waals surface area contributed by atoms with Crippen molar-refractivity contribution >= 4 is 11.7 Å². The van der Waals surface area contributed by atoms with Crippen LogP contribution in [0.2, 0.25) is 0 Å². The highest BCUT2D eigenvalue weighted by molar-refractivity contribution is 5.72. The molecule has 1 aromatic rings. The summed E-state index contributed by atoms with van der Waals surface area (Å²) in [5.41, 5.74) is 5.59. The molecule has 0 bridgehead atoms. The molecular weight excluding hydrogens is 209 g/mol. The Kier molecular flexibility index (Phi) is 4.34. The van der Waals surface area contributed by atoms with Crippen LogP contribution in [0.1, 0.15) is 18.9 Å². The number of hydrogen-bond donors (Lipinski definition) is 1. The molecule has 1 rings (SSSR count). The van der Waals surface area contributed by atoms with Gasteiger partial charge in [0, 0.05) is 0 Å². The molecule has 0 unspecified atom stereocenters. The summed E-state index contributed by atoms with van der Waals surface area (Å²) in [7, 11) is 0. The van der Waals surface area contributed by atoms with E-state index in [0.29, 0.717) is 6.61 Å². The molecule has 0 fully saturated rings. The molecule has 0 spiro atoms. The number of nitrogens with two attached hydrogens (primary N) is 1. The number of esters is 1. The predicted octanol–water partition coefficient (Wildman–Crippen LogP) is 1.71. The Balaban J connectivity index is 2.70. The van der Waals surface area contributed by atoms with Crippen molar-refractivity contribution in [3.8, 4) is 11.8 Å². The van der Waals surface area contributed by atoms with Crippen LogP contribution >= 0.6 is 0 Å². The lowest BCUT2D eigenvalue weighted by Crippen LogP contribution is -2.01. The van der Waals surface area contributed by atoms with Gasteiger partial charge in [0.05, 0.1) is 17.9 Å². The lowest BCUT2D eigenvalue weighted by molar-refractivity contribution is -0.141. The zero-order valence-electron chi connectivity index (χ0n) is 8.92. The largest absolute Gasteiger partial charge is 0.465 e. The SMILES string of the molecule is CCOC(=O)CC#Cc1cccc(N)c1F. The van der Waals surface area contributed by atoms with Crippen molar-refractivity contribution in [3.05, 3.63) is 29.6 Å². The maximum absolute atomic E-state index is 13.3. The second kappa shape index (κ2) is 5.76. The van der Waals surface area contributed by atoms with E-state index in [1.165, 1.54) is 12.1 Å². The van der Waals surface area contributed by atoms with Crippen LogP contribution in [0.3, 0.4) is 0 Å². The van der Waals surface area contributed by atoms with Crippen LogP contribution in [0.4, 0.5) is 10.1 Å². The van der Waals surface area contributed by atoms with Crippen molar-refractivity contribution in [2.45, 2.75) is 13.3 Å². The summed E-state index contributed by atoms with van der Waals surface area (Å²) in [6.45, 7) is 2.02. The van der Waals surface area contributed by atoms with Crippen LogP contribution < -0.4 is 5.73 Å². The average Bonchev–Trinajstić information content (AvgIpc) is 2.25. The molecule has 84 valence electrons. The number of rotatable bonds is 2. The minimum Gasteiger partial charge on any atom is -0.465 e. The summed E-state index contributed by atoms with van der Waals surface area (Å²) in [5, 5.41) is 0. The molecule has 0 amide bonds. The molecule has 0 radical (unpaired) electrons. The fourth-order valence-corrected chi connectivity index (χ4v) is 1.07. The van der Waals surface area contributed by atoms with Gasteiger partial charge in [-0.15, -0.1) is 0 Å². The van der Waals surface area contributed by atoms with Gasteiger partial charge in [0.15, 0.2) is 5.82 Å². The van der Waals surface area contributed by atoms with E-state index in [-0.39, 0.29) is 17.7 Å². The van der Waals surface area contributed by atoms with E-state index >= 15 is 0 Å². The normalized spacial score (nSPS) is 9.12. The van der Waals surface area contributed by atoms with E-state index in [4.69, 9.17) is 5.73 Å². The van der Waals surface area contributed by atoms with Gasteiger partial charge in [0.2, 0.25) is 0 Å². The van der Waals surface area contributed by atoms with Gasteiger partial charge in [-0.05, 0) is 19.1 Å². The topological polar surface area (TPSA) is 52.3 Å². The number of nitrogen functional groups attached to an aromatic ring is 1. The van der Waals surface area contributed by atoms with E-state index in [0.717, 1.165) is 0 Å². The summed E-state index contributed by atoms with van der Waals surface area (Å²) in [4.78, 5) is 10.9. The first kappa shape index (κ1) is 12.1. The number of carbonyl (C=O) groups is 1. The number of hydrogen-bond acceptors (Lipinski definition) is 3. The quantitative estimate of drug-likeness (QED) is 0.470. The van der Waals surface area contributed by atoms with Gasteiger partial charge in [0.25, 0.3) is 0 Å². The van der Waals surface area contributed by atoms with Crippen molar-refractivity contribution in [2.75, 3.05) is 12.3 Å². The third kappa shape index (κ3) is 3.28. The molecule has 2 N–H and O–H groups in total. The second-order valence-corrected chi connectivity index (χ2v) is 2.99. The van der Waals surface area contributed by atoms with Crippen LogP contribution in [0.25, 0.3) is 0 Å². The standard InChI is InChI=1S/C12H12FNO2/c1-2-16-11(15)8-4-6-9-5-3-7-10(14)12(9)13/h3,5,7H,2,8,14H2,1H3. The summed E-state index contributed by atoms with van der Waals surface area (Å²) < 4.78 is 18.0. The number of benzene rings is 1. The smallest absolute Gasteiger partial charge is 0.317 e. The highest BCUT2D eigenvalue weighted by atomic mass is 19.1. The van der Waals surface area contributed by atoms with E-state index in [2.05, 4.69) is 16.6 Å². The molecular formula is C12H12FNO2. The van der Waals surface area contributed by atoms with Gasteiger partial charge in [0.1, 0.15) is 6.42 Å². The van der Waals surface area contributed by atoms with Crippen molar-refractivity contribution < 1.29 is 13.9 Å². The first-order chi connectivity index (χ1) is 7.65. The molecule has 0 saturated heterocycles. The van der Waals surface area contributed by atoms with E-state index < -0.39 is 11.8 Å². The van der Waals surface area contributed by atoms with Crippen LogP contribution in [-0.4, -0.2) is 12.6 Å². The van der Waals surface area contributed by atoms with Crippen LogP contribution in [0.5, 0.6) is 0 Å². The molecule has 0 aliphatic carbocycles. The predicted molar refractivity (Wildman–Crippen MR) is 58.9 cm³/mol. The first-order valence-electron chi connectivity index (χ1n) is 4.83. The molecule has 0 atom stereocenters. The molecule has 16 heavy (non-hydrogen) atoms. The minimum atomic E-state index is -0.557. The highest BCUT2D eigenvalue weighted by Gasteiger charge is 2.02.